The zero-order chi connectivity index (χ0) is 35.2. The van der Waals surface area contributed by atoms with Crippen molar-refractivity contribution in [1.82, 2.24) is 0 Å². The van der Waals surface area contributed by atoms with Gasteiger partial charge in [0.2, 0.25) is 0 Å². The number of carbonyl (C=O) groups excluding carboxylic acids is 3. The molecule has 0 heterocycles. The minimum Gasteiger partial charge on any atom is -0.462 e. The van der Waals surface area contributed by atoms with Gasteiger partial charge >= 0.3 is 25.7 Å². The molecule has 0 aliphatic heterocycles. The normalized spacial score (nSPS) is 11.2. The lowest BCUT2D eigenvalue weighted by Crippen LogP contribution is -2.06. The highest BCUT2D eigenvalue weighted by molar-refractivity contribution is 7.48. The van der Waals surface area contributed by atoms with Crippen LogP contribution in [0.5, 0.6) is 0 Å². The molecule has 0 aliphatic carbocycles. The quantitative estimate of drug-likeness (QED) is 0.0217. The third-order valence-corrected chi connectivity index (χ3v) is 8.61. The van der Waals surface area contributed by atoms with Crippen LogP contribution in [-0.2, 0) is 46.7 Å². The van der Waals surface area contributed by atoms with E-state index in [2.05, 4.69) is 19.7 Å². The molecule has 0 amide bonds. The van der Waals surface area contributed by atoms with Gasteiger partial charge in [0.15, 0.2) is 0 Å². The highest BCUT2D eigenvalue weighted by atomic mass is 31.2. The van der Waals surface area contributed by atoms with Crippen molar-refractivity contribution in [3.05, 3.63) is 36.5 Å². The lowest BCUT2D eigenvalue weighted by molar-refractivity contribution is -0.139. The van der Waals surface area contributed by atoms with Crippen molar-refractivity contribution in [2.45, 2.75) is 136 Å². The van der Waals surface area contributed by atoms with Gasteiger partial charge in [-0.3, -0.25) is 13.6 Å². The molecule has 11 heteroatoms. The number of hydrogen-bond acceptors (Lipinski definition) is 10. The molecule has 0 rings (SSSR count). The van der Waals surface area contributed by atoms with Crippen molar-refractivity contribution in [3.63, 3.8) is 0 Å². The Kier molecular flexibility index (Phi) is 28.4. The molecule has 0 radical (unpaired) electrons. The van der Waals surface area contributed by atoms with E-state index in [9.17, 15) is 18.9 Å². The Bertz CT molecular complexity index is 843. The molecule has 0 fully saturated rings. The van der Waals surface area contributed by atoms with Crippen LogP contribution in [0.1, 0.15) is 136 Å². The van der Waals surface area contributed by atoms with E-state index in [1.807, 2.05) is 0 Å². The van der Waals surface area contributed by atoms with Crippen LogP contribution in [0, 0.1) is 0 Å². The Labute approximate surface area is 284 Å². The predicted molar refractivity (Wildman–Crippen MR) is 186 cm³/mol. The minimum absolute atomic E-state index is 0.305. The molecule has 0 aromatic carbocycles. The number of hydrogen-bond donors (Lipinski definition) is 0. The smallest absolute Gasteiger partial charge is 0.462 e. The molecule has 0 spiro atoms. The van der Waals surface area contributed by atoms with Crippen LogP contribution in [0.15, 0.2) is 36.5 Å². The first-order valence-electron chi connectivity index (χ1n) is 17.5. The summed E-state index contributed by atoms with van der Waals surface area (Å²) in [6.07, 6.45) is 16.5. The summed E-state index contributed by atoms with van der Waals surface area (Å²) in [6, 6.07) is 0. The van der Waals surface area contributed by atoms with Gasteiger partial charge in [-0.25, -0.2) is 18.9 Å². The number of ether oxygens (including phenoxy) is 3. The zero-order valence-corrected chi connectivity index (χ0v) is 30.5. The molecule has 0 N–H and O–H groups in total. The van der Waals surface area contributed by atoms with Crippen LogP contribution in [0.3, 0.4) is 0 Å². The SMILES string of the molecule is C=C(C)C(=O)OCCCCCCCCOP(=O)(OCCCCCCCCOC(=O)C(=C)C)OCCCCCCCCOC(=O)C(=C)C. The van der Waals surface area contributed by atoms with Gasteiger partial charge in [-0.2, -0.15) is 0 Å². The fourth-order valence-corrected chi connectivity index (χ4v) is 5.52. The molecular formula is C36H63O10P. The summed E-state index contributed by atoms with van der Waals surface area (Å²) in [5.41, 5.74) is 1.24. The van der Waals surface area contributed by atoms with Crippen LogP contribution in [0.2, 0.25) is 0 Å². The fourth-order valence-electron chi connectivity index (χ4n) is 4.24. The number of phosphoric acid groups is 1. The van der Waals surface area contributed by atoms with Gasteiger partial charge in [-0.05, 0) is 59.3 Å². The first kappa shape index (κ1) is 44.7. The summed E-state index contributed by atoms with van der Waals surface area (Å²) >= 11 is 0. The molecular weight excluding hydrogens is 623 g/mol. The maximum atomic E-state index is 13.3. The van der Waals surface area contributed by atoms with Gasteiger partial charge in [0, 0.05) is 16.7 Å². The van der Waals surface area contributed by atoms with E-state index in [-0.39, 0.29) is 17.9 Å². The molecule has 272 valence electrons. The molecule has 0 aromatic rings. The van der Waals surface area contributed by atoms with E-state index >= 15 is 0 Å². The van der Waals surface area contributed by atoms with E-state index in [0.29, 0.717) is 56.4 Å². The lowest BCUT2D eigenvalue weighted by atomic mass is 10.1. The summed E-state index contributed by atoms with van der Waals surface area (Å²) < 4.78 is 45.7. The number of unbranched alkanes of at least 4 members (excludes halogenated alkanes) is 15. The summed E-state index contributed by atoms with van der Waals surface area (Å²) in [7, 11) is -3.65. The third-order valence-electron chi connectivity index (χ3n) is 7.11. The van der Waals surface area contributed by atoms with Crippen molar-refractivity contribution in [3.8, 4) is 0 Å². The summed E-state index contributed by atoms with van der Waals surface area (Å²) in [5.74, 6) is -1.03. The molecule has 0 aliphatic rings. The molecule has 0 unspecified atom stereocenters. The Morgan fingerprint density at radius 2 is 0.574 bits per heavy atom. The minimum atomic E-state index is -3.65. The maximum absolute atomic E-state index is 13.3. The Morgan fingerprint density at radius 3 is 0.787 bits per heavy atom. The van der Waals surface area contributed by atoms with Crippen LogP contribution in [0.4, 0.5) is 0 Å². The number of phosphoric ester groups is 1. The second-order valence-electron chi connectivity index (χ2n) is 12.1. The van der Waals surface area contributed by atoms with E-state index in [1.165, 1.54) is 0 Å². The standard InChI is InChI=1S/C36H63O10P/c1-31(2)34(37)41-25-19-13-7-10-16-22-28-44-47(40,45-29-23-17-11-8-14-20-26-42-35(38)32(3)4)46-30-24-18-12-9-15-21-27-43-36(39)33(5)6/h1,3,5,7-30H2,2,4,6H3. The Balaban J connectivity index is 4.25. The van der Waals surface area contributed by atoms with E-state index in [0.717, 1.165) is 116 Å². The molecule has 10 nitrogen and oxygen atoms in total. The molecule has 0 bridgehead atoms. The first-order valence-corrected chi connectivity index (χ1v) is 19.0. The zero-order valence-electron chi connectivity index (χ0n) is 29.6. The average Bonchev–Trinajstić information content (AvgIpc) is 3.03. The van der Waals surface area contributed by atoms with E-state index in [1.54, 1.807) is 20.8 Å². The second-order valence-corrected chi connectivity index (χ2v) is 13.7. The Morgan fingerprint density at radius 1 is 0.383 bits per heavy atom. The molecule has 0 saturated heterocycles. The third kappa shape index (κ3) is 28.5. The molecule has 47 heavy (non-hydrogen) atoms. The monoisotopic (exact) mass is 686 g/mol. The molecule has 0 atom stereocenters. The van der Waals surface area contributed by atoms with E-state index < -0.39 is 7.82 Å². The van der Waals surface area contributed by atoms with Crippen molar-refractivity contribution < 1.29 is 46.7 Å². The van der Waals surface area contributed by atoms with Crippen LogP contribution in [-0.4, -0.2) is 57.5 Å². The fraction of sp³-hybridized carbons (Fsp3) is 0.750. The van der Waals surface area contributed by atoms with Gasteiger partial charge in [-0.15, -0.1) is 0 Å². The highest BCUT2D eigenvalue weighted by Gasteiger charge is 2.26. The van der Waals surface area contributed by atoms with Crippen LogP contribution in [0.25, 0.3) is 0 Å². The average molecular weight is 687 g/mol. The topological polar surface area (TPSA) is 124 Å². The summed E-state index contributed by atoms with van der Waals surface area (Å²) in [6.45, 7) is 17.8. The van der Waals surface area contributed by atoms with Gasteiger partial charge in [0.25, 0.3) is 0 Å². The van der Waals surface area contributed by atoms with Crippen molar-refractivity contribution in [2.24, 2.45) is 0 Å². The van der Waals surface area contributed by atoms with E-state index in [4.69, 9.17) is 27.8 Å². The lowest BCUT2D eigenvalue weighted by Gasteiger charge is -2.18. The summed E-state index contributed by atoms with van der Waals surface area (Å²) in [5, 5.41) is 0. The largest absolute Gasteiger partial charge is 0.474 e. The molecule has 0 aromatic heterocycles. The van der Waals surface area contributed by atoms with Crippen LogP contribution >= 0.6 is 7.82 Å². The number of esters is 3. The number of rotatable bonds is 33. The number of carbonyl (C=O) groups is 3. The Hall–Kier alpha value is -2.26. The second kappa shape index (κ2) is 29.8. The van der Waals surface area contributed by atoms with Gasteiger partial charge in [-0.1, -0.05) is 96.8 Å². The van der Waals surface area contributed by atoms with Crippen molar-refractivity contribution in [1.29, 1.82) is 0 Å². The van der Waals surface area contributed by atoms with Gasteiger partial charge < -0.3 is 14.2 Å². The maximum Gasteiger partial charge on any atom is 0.474 e. The van der Waals surface area contributed by atoms with Crippen molar-refractivity contribution in [2.75, 3.05) is 39.6 Å². The highest BCUT2D eigenvalue weighted by Crippen LogP contribution is 2.50. The predicted octanol–water partition coefficient (Wildman–Crippen LogP) is 9.52. The molecule has 0 saturated carbocycles. The van der Waals surface area contributed by atoms with Crippen LogP contribution < -0.4 is 0 Å². The van der Waals surface area contributed by atoms with Crippen molar-refractivity contribution >= 4 is 25.7 Å². The summed E-state index contributed by atoms with van der Waals surface area (Å²) in [4.78, 5) is 34.2. The first-order chi connectivity index (χ1) is 22.5. The van der Waals surface area contributed by atoms with Gasteiger partial charge in [0.05, 0.1) is 39.6 Å². The van der Waals surface area contributed by atoms with Gasteiger partial charge in [0.1, 0.15) is 0 Å².